The molecule has 0 radical (unpaired) electrons. The lowest BCUT2D eigenvalue weighted by Gasteiger charge is -2.15. The van der Waals surface area contributed by atoms with Crippen LogP contribution in [0, 0.1) is 0 Å². The minimum Gasteiger partial charge on any atom is -0.408 e. The Morgan fingerprint density at radius 2 is 2.06 bits per heavy atom. The molecule has 31 heavy (non-hydrogen) atoms. The number of hydrogen-bond donors (Lipinski definition) is 1. The molecular formula is C20H15N5O4S2. The molecule has 9 nitrogen and oxygen atoms in total. The van der Waals surface area contributed by atoms with E-state index in [0.717, 1.165) is 27.9 Å². The summed E-state index contributed by atoms with van der Waals surface area (Å²) in [6.07, 6.45) is 4.74. The molecular weight excluding hydrogens is 438 g/mol. The highest BCUT2D eigenvalue weighted by molar-refractivity contribution is 7.93. The predicted octanol–water partition coefficient (Wildman–Crippen LogP) is 3.40. The lowest BCUT2D eigenvalue weighted by Crippen LogP contribution is -2.19. The number of sulfonamides is 1. The van der Waals surface area contributed by atoms with Crippen molar-refractivity contribution in [3.63, 3.8) is 0 Å². The first kappa shape index (κ1) is 19.4. The maximum Gasteiger partial charge on any atom is 0.420 e. The Balaban J connectivity index is 1.59. The van der Waals surface area contributed by atoms with Crippen LogP contribution in [0.3, 0.4) is 0 Å². The van der Waals surface area contributed by atoms with Crippen molar-refractivity contribution in [2.45, 2.75) is 17.9 Å². The Kier molecular flexibility index (Phi) is 4.56. The molecule has 0 bridgehead atoms. The summed E-state index contributed by atoms with van der Waals surface area (Å²) >= 11 is 0.923. The van der Waals surface area contributed by atoms with E-state index in [0.29, 0.717) is 5.52 Å². The first-order valence-electron chi connectivity index (χ1n) is 9.21. The van der Waals surface area contributed by atoms with Crippen molar-refractivity contribution in [2.75, 3.05) is 4.72 Å². The van der Waals surface area contributed by atoms with Gasteiger partial charge in [0, 0.05) is 35.4 Å². The van der Waals surface area contributed by atoms with Crippen LogP contribution in [0.25, 0.3) is 21.9 Å². The van der Waals surface area contributed by atoms with Crippen molar-refractivity contribution in [1.82, 2.24) is 18.9 Å². The summed E-state index contributed by atoms with van der Waals surface area (Å²) in [5.41, 5.74) is 1.58. The second-order valence-electron chi connectivity index (χ2n) is 6.84. The van der Waals surface area contributed by atoms with Gasteiger partial charge in [-0.2, -0.15) is 4.37 Å². The molecule has 0 aliphatic carbocycles. The van der Waals surface area contributed by atoms with Gasteiger partial charge in [0.25, 0.3) is 10.0 Å². The number of nitrogens with zero attached hydrogens (tertiary/aromatic N) is 4. The van der Waals surface area contributed by atoms with Crippen LogP contribution in [-0.4, -0.2) is 27.3 Å². The number of nitrogens with one attached hydrogen (secondary N) is 1. The van der Waals surface area contributed by atoms with Crippen molar-refractivity contribution < 1.29 is 12.8 Å². The smallest absolute Gasteiger partial charge is 0.408 e. The zero-order valence-corrected chi connectivity index (χ0v) is 17.7. The molecule has 0 spiro atoms. The van der Waals surface area contributed by atoms with Crippen molar-refractivity contribution in [1.29, 1.82) is 0 Å². The van der Waals surface area contributed by atoms with Crippen molar-refractivity contribution in [3.8, 4) is 0 Å². The summed E-state index contributed by atoms with van der Waals surface area (Å²) in [5, 5.41) is 2.09. The Morgan fingerprint density at radius 3 is 2.87 bits per heavy atom. The van der Waals surface area contributed by atoms with E-state index in [-0.39, 0.29) is 21.7 Å². The van der Waals surface area contributed by atoms with Crippen LogP contribution in [-0.2, 0) is 10.0 Å². The summed E-state index contributed by atoms with van der Waals surface area (Å²) < 4.78 is 38.3. The van der Waals surface area contributed by atoms with Gasteiger partial charge in [0.1, 0.15) is 6.33 Å². The second-order valence-corrected chi connectivity index (χ2v) is 9.30. The molecule has 0 unspecified atom stereocenters. The summed E-state index contributed by atoms with van der Waals surface area (Å²) in [6, 6.07) is 11.7. The van der Waals surface area contributed by atoms with E-state index in [1.807, 2.05) is 31.2 Å². The second kappa shape index (κ2) is 7.29. The van der Waals surface area contributed by atoms with Crippen LogP contribution < -0.4 is 10.5 Å². The number of aromatic nitrogens is 4. The Bertz CT molecular complexity index is 1570. The third kappa shape index (κ3) is 3.37. The first-order valence-corrected chi connectivity index (χ1v) is 11.5. The maximum absolute atomic E-state index is 12.7. The van der Waals surface area contributed by atoms with Gasteiger partial charge in [-0.15, -0.1) is 0 Å². The first-order chi connectivity index (χ1) is 14.9. The normalized spacial score (nSPS) is 12.9. The Hall–Kier alpha value is -3.57. The lowest BCUT2D eigenvalue weighted by molar-refractivity contribution is 0.490. The lowest BCUT2D eigenvalue weighted by atomic mass is 10.0. The largest absolute Gasteiger partial charge is 0.420 e. The van der Waals surface area contributed by atoms with Gasteiger partial charge in [-0.05, 0) is 36.1 Å². The molecule has 5 aromatic rings. The molecule has 0 aliphatic heterocycles. The molecule has 0 saturated carbocycles. The van der Waals surface area contributed by atoms with Crippen LogP contribution in [0.15, 0.2) is 75.3 Å². The van der Waals surface area contributed by atoms with Crippen LogP contribution in [0.1, 0.15) is 18.5 Å². The fourth-order valence-electron chi connectivity index (χ4n) is 3.58. The van der Waals surface area contributed by atoms with Gasteiger partial charge in [-0.25, -0.2) is 18.2 Å². The molecule has 2 aromatic carbocycles. The monoisotopic (exact) mass is 453 g/mol. The van der Waals surface area contributed by atoms with Crippen molar-refractivity contribution in [3.05, 3.63) is 77.3 Å². The molecule has 5 rings (SSSR count). The van der Waals surface area contributed by atoms with Crippen LogP contribution >= 0.6 is 11.5 Å². The number of benzene rings is 2. The molecule has 0 saturated heterocycles. The molecule has 11 heteroatoms. The van der Waals surface area contributed by atoms with Crippen LogP contribution in [0.4, 0.5) is 5.13 Å². The van der Waals surface area contributed by atoms with E-state index in [1.54, 1.807) is 18.5 Å². The average Bonchev–Trinajstić information content (AvgIpc) is 3.38. The molecule has 0 aliphatic rings. The fraction of sp³-hybridized carbons (Fsp3) is 0.100. The van der Waals surface area contributed by atoms with E-state index < -0.39 is 15.8 Å². The van der Waals surface area contributed by atoms with Gasteiger partial charge < -0.3 is 4.42 Å². The third-order valence-corrected chi connectivity index (χ3v) is 7.08. The minimum absolute atomic E-state index is 0.0434. The number of pyridine rings is 1. The third-order valence-electron chi connectivity index (χ3n) is 5.03. The molecule has 1 N–H and O–H groups in total. The molecule has 0 fully saturated rings. The summed E-state index contributed by atoms with van der Waals surface area (Å²) in [5.74, 6) is -0.574. The van der Waals surface area contributed by atoms with Crippen molar-refractivity contribution >= 4 is 48.6 Å². The highest BCUT2D eigenvalue weighted by Crippen LogP contribution is 2.29. The van der Waals surface area contributed by atoms with E-state index in [9.17, 15) is 13.2 Å². The van der Waals surface area contributed by atoms with Gasteiger partial charge in [0.05, 0.1) is 16.5 Å². The minimum atomic E-state index is -3.90. The van der Waals surface area contributed by atoms with E-state index in [4.69, 9.17) is 4.42 Å². The fourth-order valence-corrected chi connectivity index (χ4v) is 5.26. The maximum atomic E-state index is 12.7. The quantitative estimate of drug-likeness (QED) is 0.433. The van der Waals surface area contributed by atoms with Gasteiger partial charge >= 0.3 is 5.76 Å². The average molecular weight is 454 g/mol. The van der Waals surface area contributed by atoms with Crippen LogP contribution in [0.2, 0.25) is 0 Å². The number of fused-ring (bicyclic) bond motifs is 2. The van der Waals surface area contributed by atoms with Gasteiger partial charge in [0.15, 0.2) is 5.58 Å². The van der Waals surface area contributed by atoms with Crippen LogP contribution in [0.5, 0.6) is 0 Å². The molecule has 3 heterocycles. The zero-order chi connectivity index (χ0) is 21.6. The summed E-state index contributed by atoms with van der Waals surface area (Å²) in [6.45, 7) is 1.89. The predicted molar refractivity (Wildman–Crippen MR) is 117 cm³/mol. The molecule has 3 aromatic heterocycles. The zero-order valence-electron chi connectivity index (χ0n) is 16.1. The topological polar surface area (TPSA) is 120 Å². The summed E-state index contributed by atoms with van der Waals surface area (Å²) in [4.78, 5) is 20.7. The summed E-state index contributed by atoms with van der Waals surface area (Å²) in [7, 11) is -3.90. The van der Waals surface area contributed by atoms with Gasteiger partial charge in [-0.1, -0.05) is 18.2 Å². The number of anilines is 1. The number of oxazole rings is 1. The SMILES string of the molecule is C[C@@H](c1cccc2ccncc12)n1c(=O)oc2cc(S(=O)(=O)Nc3ncns3)ccc21. The molecule has 156 valence electrons. The molecule has 0 amide bonds. The van der Waals surface area contributed by atoms with Gasteiger partial charge in [-0.3, -0.25) is 14.3 Å². The standard InChI is InChI=1S/C20H15N5O4S2/c1-12(15-4-2-3-13-7-8-21-10-16(13)15)25-17-6-5-14(9-18(17)29-20(25)26)31(27,28)24-19-22-11-23-30-19/h2-12H,1H3,(H,22,23,24)/t12-/m0/s1. The van der Waals surface area contributed by atoms with Crippen molar-refractivity contribution in [2.24, 2.45) is 0 Å². The van der Waals surface area contributed by atoms with E-state index >= 15 is 0 Å². The Morgan fingerprint density at radius 1 is 1.19 bits per heavy atom. The number of hydrogen-bond acceptors (Lipinski definition) is 8. The highest BCUT2D eigenvalue weighted by atomic mass is 32.2. The van der Waals surface area contributed by atoms with E-state index in [1.165, 1.54) is 23.0 Å². The highest BCUT2D eigenvalue weighted by Gasteiger charge is 2.22. The molecule has 1 atom stereocenters. The number of rotatable bonds is 5. The van der Waals surface area contributed by atoms with Gasteiger partial charge in [0.2, 0.25) is 5.13 Å². The van der Waals surface area contributed by atoms with E-state index in [2.05, 4.69) is 19.1 Å². The Labute approximate surface area is 180 Å².